The van der Waals surface area contributed by atoms with Crippen LogP contribution >= 0.6 is 11.3 Å². The lowest BCUT2D eigenvalue weighted by atomic mass is 9.96. The second-order valence-corrected chi connectivity index (χ2v) is 8.84. The fraction of sp³-hybridized carbons (Fsp3) is 0.0370. The highest BCUT2D eigenvalue weighted by atomic mass is 32.1. The first-order valence-corrected chi connectivity index (χ1v) is 11.5. The predicted octanol–water partition coefficient (Wildman–Crippen LogP) is 3.89. The molecule has 0 saturated heterocycles. The van der Waals surface area contributed by atoms with Gasteiger partial charge in [-0.1, -0.05) is 90.2 Å². The van der Waals surface area contributed by atoms with Gasteiger partial charge in [0.2, 0.25) is 4.96 Å². The van der Waals surface area contributed by atoms with Crippen LogP contribution in [0, 0.1) is 0 Å². The molecule has 1 aliphatic rings. The fourth-order valence-electron chi connectivity index (χ4n) is 4.00. The molecule has 3 heterocycles. The van der Waals surface area contributed by atoms with Gasteiger partial charge < -0.3 is 4.74 Å². The average Bonchev–Trinajstić information content (AvgIpc) is 3.18. The summed E-state index contributed by atoms with van der Waals surface area (Å²) in [7, 11) is 0. The van der Waals surface area contributed by atoms with Crippen LogP contribution < -0.4 is 20.4 Å². The third-order valence-corrected chi connectivity index (χ3v) is 6.58. The van der Waals surface area contributed by atoms with E-state index in [9.17, 15) is 9.59 Å². The van der Waals surface area contributed by atoms with Gasteiger partial charge in [-0.05, 0) is 29.4 Å². The topological polar surface area (TPSA) is 73.6 Å². The number of rotatable bonds is 3. The Bertz CT molecular complexity index is 1720. The minimum atomic E-state index is -0.463. The summed E-state index contributed by atoms with van der Waals surface area (Å²) < 4.78 is 7.96. The Balaban J connectivity index is 1.53. The van der Waals surface area contributed by atoms with Crippen molar-refractivity contribution in [2.75, 3.05) is 0 Å². The quantitative estimate of drug-likeness (QED) is 0.406. The molecule has 164 valence electrons. The number of ether oxygens (including phenoxy) is 1. The third-order valence-electron chi connectivity index (χ3n) is 5.62. The van der Waals surface area contributed by atoms with Crippen LogP contribution in [-0.2, 0) is 0 Å². The Kier molecular flexibility index (Phi) is 4.89. The Morgan fingerprint density at radius 2 is 1.59 bits per heavy atom. The largest absolute Gasteiger partial charge is 0.480 e. The minimum Gasteiger partial charge on any atom is -0.480 e. The van der Waals surface area contributed by atoms with Crippen LogP contribution in [0.15, 0.2) is 100 Å². The minimum absolute atomic E-state index is 0.149. The van der Waals surface area contributed by atoms with E-state index in [4.69, 9.17) is 4.74 Å². The number of thiazole rings is 1. The molecule has 1 unspecified atom stereocenters. The van der Waals surface area contributed by atoms with Gasteiger partial charge in [-0.15, -0.1) is 0 Å². The van der Waals surface area contributed by atoms with Crippen molar-refractivity contribution in [3.63, 3.8) is 0 Å². The van der Waals surface area contributed by atoms with Crippen LogP contribution in [0.3, 0.4) is 0 Å². The van der Waals surface area contributed by atoms with Crippen molar-refractivity contribution < 1.29 is 4.74 Å². The van der Waals surface area contributed by atoms with Crippen molar-refractivity contribution in [2.24, 2.45) is 0 Å². The van der Waals surface area contributed by atoms with E-state index in [1.165, 1.54) is 4.52 Å². The molecule has 6 nitrogen and oxygen atoms in total. The summed E-state index contributed by atoms with van der Waals surface area (Å²) >= 11 is 1.14. The highest BCUT2D eigenvalue weighted by molar-refractivity contribution is 7.15. The lowest BCUT2D eigenvalue weighted by Crippen LogP contribution is -2.27. The van der Waals surface area contributed by atoms with Gasteiger partial charge in [0.05, 0.1) is 4.53 Å². The van der Waals surface area contributed by atoms with Crippen LogP contribution in [-0.4, -0.2) is 14.6 Å². The SMILES string of the molecule is O=c1nc2sc(=CC3=Cc4ccccc4OC3c3ccccc3)c(=O)n2nc1-c1ccccc1. The van der Waals surface area contributed by atoms with E-state index in [1.807, 2.05) is 84.9 Å². The molecule has 2 aromatic heterocycles. The highest BCUT2D eigenvalue weighted by Gasteiger charge is 2.23. The van der Waals surface area contributed by atoms with Gasteiger partial charge in [-0.25, -0.2) is 0 Å². The second-order valence-electron chi connectivity index (χ2n) is 7.83. The average molecular weight is 464 g/mol. The van der Waals surface area contributed by atoms with Gasteiger partial charge in [0.15, 0.2) is 5.69 Å². The van der Waals surface area contributed by atoms with Gasteiger partial charge in [0, 0.05) is 11.1 Å². The first-order valence-electron chi connectivity index (χ1n) is 10.7. The van der Waals surface area contributed by atoms with Crippen LogP contribution in [0.1, 0.15) is 17.2 Å². The summed E-state index contributed by atoms with van der Waals surface area (Å²) in [6.45, 7) is 0. The molecule has 0 saturated carbocycles. The van der Waals surface area contributed by atoms with E-state index in [1.54, 1.807) is 12.1 Å². The van der Waals surface area contributed by atoms with Crippen molar-refractivity contribution >= 4 is 28.4 Å². The number of aromatic nitrogens is 3. The van der Waals surface area contributed by atoms with Gasteiger partial charge in [-0.2, -0.15) is 14.6 Å². The van der Waals surface area contributed by atoms with Crippen LogP contribution in [0.2, 0.25) is 0 Å². The molecule has 0 fully saturated rings. The summed E-state index contributed by atoms with van der Waals surface area (Å²) in [6.07, 6.45) is 3.46. The molecule has 7 heteroatoms. The zero-order chi connectivity index (χ0) is 23.1. The molecule has 5 aromatic rings. The molecule has 0 spiro atoms. The molecule has 0 aliphatic carbocycles. The summed E-state index contributed by atoms with van der Waals surface area (Å²) in [5, 5.41) is 4.34. The molecule has 1 aliphatic heterocycles. The van der Waals surface area contributed by atoms with Crippen molar-refractivity contribution in [1.29, 1.82) is 0 Å². The Morgan fingerprint density at radius 1 is 0.882 bits per heavy atom. The molecule has 0 N–H and O–H groups in total. The standard InChI is InChI=1S/C27H17N3O3S/c31-25-23(17-9-3-1-4-10-17)29-30-26(32)22(34-27(30)28-25)16-20-15-19-13-7-8-14-21(19)33-24(20)18-11-5-2-6-12-18/h1-16,24H. The number of para-hydroxylation sites is 1. The first kappa shape index (κ1) is 20.3. The summed E-state index contributed by atoms with van der Waals surface area (Å²) in [5.41, 5.74) is 2.73. The molecular weight excluding hydrogens is 446 g/mol. The monoisotopic (exact) mass is 463 g/mol. The molecule has 1 atom stereocenters. The maximum absolute atomic E-state index is 13.3. The smallest absolute Gasteiger partial charge is 0.300 e. The van der Waals surface area contributed by atoms with E-state index in [0.717, 1.165) is 33.8 Å². The van der Waals surface area contributed by atoms with Crippen LogP contribution in [0.25, 0.3) is 28.4 Å². The lowest BCUT2D eigenvalue weighted by Gasteiger charge is -2.26. The molecule has 6 rings (SSSR count). The molecule has 0 bridgehead atoms. The molecule has 34 heavy (non-hydrogen) atoms. The Morgan fingerprint density at radius 3 is 2.38 bits per heavy atom. The highest BCUT2D eigenvalue weighted by Crippen LogP contribution is 2.37. The van der Waals surface area contributed by atoms with Gasteiger partial charge in [-0.3, -0.25) is 9.59 Å². The Hall–Kier alpha value is -4.36. The fourth-order valence-corrected chi connectivity index (χ4v) is 4.90. The van der Waals surface area contributed by atoms with E-state index in [0.29, 0.717) is 10.1 Å². The summed E-state index contributed by atoms with van der Waals surface area (Å²) in [4.78, 5) is 30.2. The number of hydrogen-bond acceptors (Lipinski definition) is 6. The number of fused-ring (bicyclic) bond motifs is 2. The molecule has 0 radical (unpaired) electrons. The maximum Gasteiger partial charge on any atom is 0.300 e. The maximum atomic E-state index is 13.3. The van der Waals surface area contributed by atoms with Crippen LogP contribution in [0.5, 0.6) is 5.75 Å². The molecule has 0 amide bonds. The van der Waals surface area contributed by atoms with Crippen LogP contribution in [0.4, 0.5) is 0 Å². The number of benzene rings is 3. The predicted molar refractivity (Wildman–Crippen MR) is 133 cm³/mol. The molecule has 3 aromatic carbocycles. The Labute approximate surface area is 197 Å². The van der Waals surface area contributed by atoms with E-state index < -0.39 is 5.56 Å². The summed E-state index contributed by atoms with van der Waals surface area (Å²) in [6, 6.07) is 26.7. The lowest BCUT2D eigenvalue weighted by molar-refractivity contribution is 0.244. The van der Waals surface area contributed by atoms with Gasteiger partial charge in [0.25, 0.3) is 5.56 Å². The number of nitrogens with zero attached hydrogens (tertiary/aromatic N) is 3. The van der Waals surface area contributed by atoms with Crippen molar-refractivity contribution in [3.05, 3.63) is 127 Å². The van der Waals surface area contributed by atoms with E-state index >= 15 is 0 Å². The normalized spacial score (nSPS) is 15.6. The van der Waals surface area contributed by atoms with E-state index in [2.05, 4.69) is 10.1 Å². The van der Waals surface area contributed by atoms with Gasteiger partial charge >= 0.3 is 5.56 Å². The summed E-state index contributed by atoms with van der Waals surface area (Å²) in [5.74, 6) is 0.786. The third kappa shape index (κ3) is 3.52. The van der Waals surface area contributed by atoms with E-state index in [-0.39, 0.29) is 22.3 Å². The zero-order valence-electron chi connectivity index (χ0n) is 17.8. The molecular formula is C27H17N3O3S. The van der Waals surface area contributed by atoms with Gasteiger partial charge in [0.1, 0.15) is 11.9 Å². The first-order chi connectivity index (χ1) is 16.7. The second kappa shape index (κ2) is 8.20. The van der Waals surface area contributed by atoms with Crippen molar-refractivity contribution in [2.45, 2.75) is 6.10 Å². The zero-order valence-corrected chi connectivity index (χ0v) is 18.6. The number of hydrogen-bond donors (Lipinski definition) is 0. The van der Waals surface area contributed by atoms with Crippen molar-refractivity contribution in [3.8, 4) is 17.0 Å². The van der Waals surface area contributed by atoms with Crippen molar-refractivity contribution in [1.82, 2.24) is 14.6 Å².